The first-order valence-corrected chi connectivity index (χ1v) is 9.05. The highest BCUT2D eigenvalue weighted by Crippen LogP contribution is 2.49. The van der Waals surface area contributed by atoms with Gasteiger partial charge >= 0.3 is 0 Å². The second-order valence-electron chi connectivity index (χ2n) is 6.93. The van der Waals surface area contributed by atoms with E-state index < -0.39 is 0 Å². The molecule has 2 aliphatic rings. The minimum atomic E-state index is 0.992. The number of hydrogen-bond donors (Lipinski definition) is 0. The third kappa shape index (κ3) is 4.13. The Morgan fingerprint density at radius 3 is 2.05 bits per heavy atom. The zero-order valence-electron chi connectivity index (χ0n) is 13.3. The summed E-state index contributed by atoms with van der Waals surface area (Å²) in [5, 5.41) is 0. The first-order chi connectivity index (χ1) is 9.36. The van der Waals surface area contributed by atoms with E-state index >= 15 is 0 Å². The van der Waals surface area contributed by atoms with E-state index in [9.17, 15) is 0 Å². The molecule has 2 rings (SSSR count). The number of fused-ring (bicyclic) bond motifs is 2. The van der Waals surface area contributed by atoms with Crippen LogP contribution in [0.2, 0.25) is 11.6 Å². The summed E-state index contributed by atoms with van der Waals surface area (Å²) in [6.45, 7) is 5.64. The van der Waals surface area contributed by atoms with Crippen LogP contribution in [0.5, 0.6) is 0 Å². The minimum Gasteiger partial charge on any atom is -0.104 e. The van der Waals surface area contributed by atoms with Gasteiger partial charge in [0.1, 0.15) is 0 Å². The highest BCUT2D eigenvalue weighted by molar-refractivity contribution is 6.70. The van der Waals surface area contributed by atoms with Gasteiger partial charge in [-0.15, -0.1) is 5.47 Å². The van der Waals surface area contributed by atoms with Gasteiger partial charge in [-0.05, 0) is 12.8 Å². The van der Waals surface area contributed by atoms with E-state index in [0.717, 1.165) is 18.3 Å². The summed E-state index contributed by atoms with van der Waals surface area (Å²) in [4.78, 5) is 0. The largest absolute Gasteiger partial charge is 0.176 e. The quantitative estimate of drug-likeness (QED) is 0.365. The van der Waals surface area contributed by atoms with Crippen LogP contribution in [-0.4, -0.2) is 6.71 Å². The molecule has 19 heavy (non-hydrogen) atoms. The zero-order valence-corrected chi connectivity index (χ0v) is 13.3. The van der Waals surface area contributed by atoms with Gasteiger partial charge in [-0.25, -0.2) is 0 Å². The summed E-state index contributed by atoms with van der Waals surface area (Å²) >= 11 is 0. The molecule has 2 bridgehead atoms. The third-order valence-corrected chi connectivity index (χ3v) is 5.53. The Morgan fingerprint density at radius 2 is 1.53 bits per heavy atom. The summed E-state index contributed by atoms with van der Waals surface area (Å²) in [5.41, 5.74) is 1.88. The molecule has 0 unspecified atom stereocenters. The summed E-state index contributed by atoms with van der Waals surface area (Å²) < 4.78 is 0. The Labute approximate surface area is 121 Å². The number of hydrogen-bond acceptors (Lipinski definition) is 0. The lowest BCUT2D eigenvalue weighted by Crippen LogP contribution is -2.36. The number of unbranched alkanes of at least 4 members (excludes halogenated alkanes) is 3. The van der Waals surface area contributed by atoms with Gasteiger partial charge in [0.05, 0.1) is 0 Å². The average Bonchev–Trinajstić information content (AvgIpc) is 2.42. The van der Waals surface area contributed by atoms with Gasteiger partial charge in [0.25, 0.3) is 0 Å². The Balaban J connectivity index is 2.04. The molecule has 0 N–H and O–H groups in total. The van der Waals surface area contributed by atoms with Crippen LogP contribution in [0.4, 0.5) is 0 Å². The normalized spacial score (nSPS) is 27.7. The average molecular weight is 260 g/mol. The van der Waals surface area contributed by atoms with Gasteiger partial charge in [0, 0.05) is 0 Å². The Hall–Kier alpha value is -0.195. The smallest absolute Gasteiger partial charge is 0.104 e. The van der Waals surface area contributed by atoms with Crippen molar-refractivity contribution < 1.29 is 0 Å². The maximum absolute atomic E-state index is 2.67. The highest BCUT2D eigenvalue weighted by atomic mass is 14.3. The molecule has 0 aromatic carbocycles. The molecule has 0 amide bonds. The van der Waals surface area contributed by atoms with Crippen LogP contribution < -0.4 is 0 Å². The lowest BCUT2D eigenvalue weighted by atomic mass is 9.24. The van der Waals surface area contributed by atoms with Crippen molar-refractivity contribution in [3.8, 4) is 0 Å². The number of allylic oxidation sites excluding steroid dienone is 2. The van der Waals surface area contributed by atoms with Crippen molar-refractivity contribution in [3.63, 3.8) is 0 Å². The van der Waals surface area contributed by atoms with Gasteiger partial charge in [0.15, 0.2) is 6.71 Å². The van der Waals surface area contributed by atoms with Gasteiger partial charge in [0.2, 0.25) is 0 Å². The third-order valence-electron chi connectivity index (χ3n) is 5.53. The maximum Gasteiger partial charge on any atom is 0.176 e. The topological polar surface area (TPSA) is 0 Å². The van der Waals surface area contributed by atoms with Crippen molar-refractivity contribution in [2.75, 3.05) is 0 Å². The van der Waals surface area contributed by atoms with Crippen LogP contribution in [0.1, 0.15) is 90.9 Å². The van der Waals surface area contributed by atoms with E-state index in [1.165, 1.54) is 77.0 Å². The zero-order chi connectivity index (χ0) is 13.5. The predicted molar refractivity (Wildman–Crippen MR) is 88.1 cm³/mol. The first kappa shape index (κ1) is 15.2. The Morgan fingerprint density at radius 1 is 0.947 bits per heavy atom. The first-order valence-electron chi connectivity index (χ1n) is 9.05. The van der Waals surface area contributed by atoms with Crippen molar-refractivity contribution >= 4 is 6.71 Å². The maximum atomic E-state index is 2.67. The summed E-state index contributed by atoms with van der Waals surface area (Å²) in [6, 6.07) is 0. The highest BCUT2D eigenvalue weighted by Gasteiger charge is 2.40. The molecule has 108 valence electrons. The van der Waals surface area contributed by atoms with Crippen LogP contribution in [0.15, 0.2) is 11.5 Å². The molecule has 1 heteroatoms. The lowest BCUT2D eigenvalue weighted by Gasteiger charge is -2.42. The minimum absolute atomic E-state index is 0.992. The molecular formula is C18H33B. The molecule has 0 aromatic rings. The summed E-state index contributed by atoms with van der Waals surface area (Å²) in [6.07, 6.45) is 20.0. The summed E-state index contributed by atoms with van der Waals surface area (Å²) in [5.74, 6) is 2.11. The van der Waals surface area contributed by atoms with E-state index in [1.807, 2.05) is 5.47 Å². The van der Waals surface area contributed by atoms with E-state index in [1.54, 1.807) is 0 Å². The van der Waals surface area contributed by atoms with Crippen LogP contribution in [0.25, 0.3) is 0 Å². The standard InChI is InChI=1S/C18H33B/c1-3-5-7-11-16(10-6-4-2)19-17-12-8-13-18(19)15-9-14-17/h11,17-18H,3-10,12-15H2,1-2H3/b16-11+. The van der Waals surface area contributed by atoms with Crippen LogP contribution in [0.3, 0.4) is 0 Å². The second-order valence-corrected chi connectivity index (χ2v) is 6.93. The predicted octanol–water partition coefficient (Wildman–Crippen LogP) is 6.44. The van der Waals surface area contributed by atoms with Crippen molar-refractivity contribution in [2.24, 2.45) is 0 Å². The molecule has 2 aliphatic heterocycles. The van der Waals surface area contributed by atoms with E-state index in [-0.39, 0.29) is 0 Å². The number of rotatable bonds is 7. The van der Waals surface area contributed by atoms with Gasteiger partial charge in [-0.3, -0.25) is 0 Å². The molecule has 2 heterocycles. The molecule has 0 aromatic heterocycles. The molecule has 0 aliphatic carbocycles. The SMILES string of the molecule is CCCC/C=C(\CCCC)B1C2CCCC1CCC2. The molecule has 2 fully saturated rings. The van der Waals surface area contributed by atoms with Gasteiger partial charge < -0.3 is 0 Å². The molecule has 0 atom stereocenters. The molecular weight excluding hydrogens is 227 g/mol. The van der Waals surface area contributed by atoms with Crippen molar-refractivity contribution in [3.05, 3.63) is 11.5 Å². The molecule has 0 nitrogen and oxygen atoms in total. The summed E-state index contributed by atoms with van der Waals surface area (Å²) in [7, 11) is 0. The lowest BCUT2D eigenvalue weighted by molar-refractivity contribution is 0.444. The molecule has 0 spiro atoms. The van der Waals surface area contributed by atoms with Gasteiger partial charge in [-0.2, -0.15) is 0 Å². The Kier molecular flexibility index (Phi) is 6.54. The second kappa shape index (κ2) is 8.17. The van der Waals surface area contributed by atoms with Crippen molar-refractivity contribution in [2.45, 2.75) is 103 Å². The van der Waals surface area contributed by atoms with Gasteiger partial charge in [-0.1, -0.05) is 95.8 Å². The van der Waals surface area contributed by atoms with Crippen LogP contribution in [-0.2, 0) is 0 Å². The van der Waals surface area contributed by atoms with E-state index in [4.69, 9.17) is 0 Å². The van der Waals surface area contributed by atoms with Crippen LogP contribution >= 0.6 is 0 Å². The van der Waals surface area contributed by atoms with Crippen molar-refractivity contribution in [1.29, 1.82) is 0 Å². The van der Waals surface area contributed by atoms with Crippen molar-refractivity contribution in [1.82, 2.24) is 0 Å². The van der Waals surface area contributed by atoms with E-state index in [2.05, 4.69) is 19.9 Å². The molecule has 0 radical (unpaired) electrons. The Bertz CT molecular complexity index is 259. The molecule has 0 saturated carbocycles. The fourth-order valence-electron chi connectivity index (χ4n) is 4.56. The molecule has 2 saturated heterocycles. The fraction of sp³-hybridized carbons (Fsp3) is 0.889. The monoisotopic (exact) mass is 260 g/mol. The van der Waals surface area contributed by atoms with E-state index in [0.29, 0.717) is 0 Å². The van der Waals surface area contributed by atoms with Crippen LogP contribution in [0, 0.1) is 0 Å². The fourth-order valence-corrected chi connectivity index (χ4v) is 4.56.